The molecule has 0 fully saturated rings. The largest absolute Gasteiger partial charge is 0.360 e. The first kappa shape index (κ1) is 9.48. The van der Waals surface area contributed by atoms with Crippen LogP contribution in [0.4, 0.5) is 4.39 Å². The average Bonchev–Trinajstić information content (AvgIpc) is 2.45. The van der Waals surface area contributed by atoms with Crippen molar-refractivity contribution in [3.05, 3.63) is 30.2 Å². The molecule has 0 radical (unpaired) electrons. The number of hydrogen-bond donors (Lipinski definition) is 1. The van der Waals surface area contributed by atoms with Crippen LogP contribution in [0.3, 0.4) is 0 Å². The van der Waals surface area contributed by atoms with Gasteiger partial charge in [-0.25, -0.2) is 12.8 Å². The number of fused-ring (bicyclic) bond motifs is 1. The third-order valence-corrected chi connectivity index (χ3v) is 3.23. The first-order valence-electron chi connectivity index (χ1n) is 3.70. The number of benzene rings is 1. The van der Waals surface area contributed by atoms with Gasteiger partial charge in [-0.3, -0.25) is 0 Å². The molecule has 0 saturated heterocycles. The normalized spacial score (nSPS) is 12.1. The monoisotopic (exact) mass is 233 g/mol. The first-order chi connectivity index (χ1) is 6.48. The van der Waals surface area contributed by atoms with Crippen molar-refractivity contribution in [2.45, 2.75) is 4.90 Å². The van der Waals surface area contributed by atoms with E-state index in [-0.39, 0.29) is 10.3 Å². The van der Waals surface area contributed by atoms with Crippen LogP contribution < -0.4 is 0 Å². The van der Waals surface area contributed by atoms with Gasteiger partial charge in [0.25, 0.3) is 9.05 Å². The van der Waals surface area contributed by atoms with E-state index in [2.05, 4.69) is 4.98 Å². The summed E-state index contributed by atoms with van der Waals surface area (Å²) in [6, 6.07) is 3.82. The zero-order valence-corrected chi connectivity index (χ0v) is 8.36. The van der Waals surface area contributed by atoms with Crippen molar-refractivity contribution in [1.29, 1.82) is 0 Å². The number of nitrogens with one attached hydrogen (secondary N) is 1. The van der Waals surface area contributed by atoms with E-state index in [0.29, 0.717) is 5.52 Å². The van der Waals surface area contributed by atoms with Crippen molar-refractivity contribution in [3.63, 3.8) is 0 Å². The van der Waals surface area contributed by atoms with E-state index in [0.717, 1.165) is 6.07 Å². The van der Waals surface area contributed by atoms with Crippen molar-refractivity contribution in [2.75, 3.05) is 0 Å². The zero-order chi connectivity index (χ0) is 10.3. The number of hydrogen-bond acceptors (Lipinski definition) is 2. The van der Waals surface area contributed by atoms with Gasteiger partial charge in [0.15, 0.2) is 0 Å². The topological polar surface area (TPSA) is 49.9 Å². The van der Waals surface area contributed by atoms with Gasteiger partial charge in [0, 0.05) is 27.8 Å². The Morgan fingerprint density at radius 3 is 2.71 bits per heavy atom. The van der Waals surface area contributed by atoms with Gasteiger partial charge in [0.2, 0.25) is 0 Å². The predicted octanol–water partition coefficient (Wildman–Crippen LogP) is 2.23. The summed E-state index contributed by atoms with van der Waals surface area (Å²) in [6.45, 7) is 0. The lowest BCUT2D eigenvalue weighted by atomic mass is 10.2. The second kappa shape index (κ2) is 2.96. The molecule has 0 amide bonds. The van der Waals surface area contributed by atoms with Crippen molar-refractivity contribution in [2.24, 2.45) is 0 Å². The molecule has 0 unspecified atom stereocenters. The molecule has 0 bridgehead atoms. The fourth-order valence-corrected chi connectivity index (χ4v) is 2.28. The maximum atomic E-state index is 12.8. The third kappa shape index (κ3) is 1.49. The molecule has 0 saturated carbocycles. The van der Waals surface area contributed by atoms with Gasteiger partial charge in [-0.15, -0.1) is 0 Å². The summed E-state index contributed by atoms with van der Waals surface area (Å²) in [5.74, 6) is -0.501. The van der Waals surface area contributed by atoms with Crippen molar-refractivity contribution in [3.8, 4) is 0 Å². The van der Waals surface area contributed by atoms with Crippen LogP contribution in [0.1, 0.15) is 0 Å². The van der Waals surface area contributed by atoms with E-state index in [4.69, 9.17) is 10.7 Å². The summed E-state index contributed by atoms with van der Waals surface area (Å²) in [5, 5.41) is 0.264. The zero-order valence-electron chi connectivity index (χ0n) is 6.79. The first-order valence-corrected chi connectivity index (χ1v) is 6.01. The second-order valence-corrected chi connectivity index (χ2v) is 5.32. The Morgan fingerprint density at radius 1 is 1.36 bits per heavy atom. The van der Waals surface area contributed by atoms with Gasteiger partial charge < -0.3 is 4.98 Å². The van der Waals surface area contributed by atoms with E-state index in [9.17, 15) is 12.8 Å². The molecule has 74 valence electrons. The minimum Gasteiger partial charge on any atom is -0.360 e. The van der Waals surface area contributed by atoms with E-state index in [1.807, 2.05) is 0 Å². The van der Waals surface area contributed by atoms with Gasteiger partial charge in [0.1, 0.15) is 10.7 Å². The fourth-order valence-electron chi connectivity index (χ4n) is 1.27. The van der Waals surface area contributed by atoms with Crippen molar-refractivity contribution in [1.82, 2.24) is 4.98 Å². The number of aromatic amines is 1. The average molecular weight is 234 g/mol. The van der Waals surface area contributed by atoms with E-state index < -0.39 is 14.9 Å². The molecule has 0 aliphatic rings. The molecule has 1 heterocycles. The molecule has 1 aromatic carbocycles. The van der Waals surface area contributed by atoms with E-state index >= 15 is 0 Å². The van der Waals surface area contributed by atoms with E-state index in [1.54, 1.807) is 0 Å². The molecule has 0 aliphatic heterocycles. The van der Waals surface area contributed by atoms with E-state index in [1.165, 1.54) is 18.3 Å². The molecule has 2 aromatic rings. The van der Waals surface area contributed by atoms with Gasteiger partial charge in [-0.1, -0.05) is 0 Å². The molecule has 0 atom stereocenters. The summed E-state index contributed by atoms with van der Waals surface area (Å²) in [7, 11) is 1.33. The van der Waals surface area contributed by atoms with Crippen LogP contribution in [-0.2, 0) is 9.05 Å². The van der Waals surface area contributed by atoms with Gasteiger partial charge >= 0.3 is 0 Å². The Labute approximate surface area is 83.9 Å². The minimum atomic E-state index is -3.83. The summed E-state index contributed by atoms with van der Waals surface area (Å²) >= 11 is 0. The van der Waals surface area contributed by atoms with Crippen LogP contribution >= 0.6 is 10.7 Å². The number of halogens is 2. The quantitative estimate of drug-likeness (QED) is 0.768. The summed E-state index contributed by atoms with van der Waals surface area (Å²) < 4.78 is 34.9. The van der Waals surface area contributed by atoms with Gasteiger partial charge in [-0.05, 0) is 18.2 Å². The predicted molar refractivity (Wildman–Crippen MR) is 51.3 cm³/mol. The lowest BCUT2D eigenvalue weighted by Gasteiger charge is -1.93. The van der Waals surface area contributed by atoms with Crippen LogP contribution in [-0.4, -0.2) is 13.4 Å². The molecule has 2 rings (SSSR count). The lowest BCUT2D eigenvalue weighted by Crippen LogP contribution is -1.87. The molecule has 6 heteroatoms. The van der Waals surface area contributed by atoms with Gasteiger partial charge in [-0.2, -0.15) is 0 Å². The maximum Gasteiger partial charge on any atom is 0.263 e. The molecule has 0 aliphatic carbocycles. The molecule has 3 nitrogen and oxygen atoms in total. The molecular weight excluding hydrogens is 229 g/mol. The Balaban J connectivity index is 2.87. The van der Waals surface area contributed by atoms with Crippen LogP contribution in [0.25, 0.3) is 10.9 Å². The Hall–Kier alpha value is -1.07. The summed E-state index contributed by atoms with van der Waals surface area (Å²) in [6.07, 6.45) is 1.24. The Bertz CT molecular complexity index is 590. The highest BCUT2D eigenvalue weighted by atomic mass is 35.7. The highest BCUT2D eigenvalue weighted by Crippen LogP contribution is 2.25. The third-order valence-electron chi connectivity index (χ3n) is 1.87. The molecular formula is C8H5ClFNO2S. The Morgan fingerprint density at radius 2 is 2.07 bits per heavy atom. The maximum absolute atomic E-state index is 12.8. The van der Waals surface area contributed by atoms with Gasteiger partial charge in [0.05, 0.1) is 0 Å². The number of aromatic nitrogens is 1. The van der Waals surface area contributed by atoms with Crippen LogP contribution in [0.15, 0.2) is 29.3 Å². The molecule has 0 spiro atoms. The second-order valence-electron chi connectivity index (χ2n) is 2.78. The lowest BCUT2D eigenvalue weighted by molar-refractivity contribution is 0.610. The summed E-state index contributed by atoms with van der Waals surface area (Å²) in [5.41, 5.74) is 0.533. The van der Waals surface area contributed by atoms with Crippen molar-refractivity contribution >= 4 is 30.6 Å². The molecule has 1 N–H and O–H groups in total. The molecule has 14 heavy (non-hydrogen) atoms. The highest BCUT2D eigenvalue weighted by Gasteiger charge is 2.15. The molecule has 1 aromatic heterocycles. The van der Waals surface area contributed by atoms with Crippen LogP contribution in [0.2, 0.25) is 0 Å². The highest BCUT2D eigenvalue weighted by molar-refractivity contribution is 8.14. The smallest absolute Gasteiger partial charge is 0.263 e. The fraction of sp³-hybridized carbons (Fsp3) is 0. The standard InChI is InChI=1S/C8H5ClFNO2S/c9-14(12,13)8-4-11-7-2-1-5(10)3-6(7)8/h1-4,11H. The van der Waals surface area contributed by atoms with Crippen molar-refractivity contribution < 1.29 is 12.8 Å². The minimum absolute atomic E-state index is 0.103. The number of rotatable bonds is 1. The van der Waals surface area contributed by atoms with Crippen LogP contribution in [0, 0.1) is 5.82 Å². The SMILES string of the molecule is O=S(=O)(Cl)c1c[nH]c2ccc(F)cc12. The number of H-pyrrole nitrogens is 1. The van der Waals surface area contributed by atoms with Crippen LogP contribution in [0.5, 0.6) is 0 Å². The Kier molecular flexibility index (Phi) is 2.01. The summed E-state index contributed by atoms with van der Waals surface area (Å²) in [4.78, 5) is 2.59.